The second-order valence-corrected chi connectivity index (χ2v) is 7.98. The molecule has 4 rings (SSSR count). The van der Waals surface area contributed by atoms with Gasteiger partial charge in [0.15, 0.2) is 0 Å². The van der Waals surface area contributed by atoms with Gasteiger partial charge in [-0.3, -0.25) is 0 Å². The first kappa shape index (κ1) is 19.8. The van der Waals surface area contributed by atoms with Crippen LogP contribution in [-0.2, 0) is 21.7 Å². The molecule has 152 valence electrons. The lowest BCUT2D eigenvalue weighted by Gasteiger charge is -2.36. The van der Waals surface area contributed by atoms with Crippen molar-refractivity contribution in [3.8, 4) is 5.75 Å². The number of methoxy groups -OCH3 is 1. The predicted octanol–water partition coefficient (Wildman–Crippen LogP) is 3.04. The van der Waals surface area contributed by atoms with Crippen LogP contribution in [0.1, 0.15) is 49.7 Å². The number of fused-ring (bicyclic) bond motifs is 1. The number of hydrogen-bond acceptors (Lipinski definition) is 3. The van der Waals surface area contributed by atoms with Crippen molar-refractivity contribution < 1.29 is 18.7 Å². The lowest BCUT2D eigenvalue weighted by Crippen LogP contribution is -2.44. The summed E-state index contributed by atoms with van der Waals surface area (Å²) in [5.74, 6) is 0.290. The van der Waals surface area contributed by atoms with Gasteiger partial charge in [0.05, 0.1) is 12.0 Å². The molecule has 0 unspecified atom stereocenters. The van der Waals surface area contributed by atoms with Crippen LogP contribution in [0.25, 0.3) is 6.08 Å². The van der Waals surface area contributed by atoms with Gasteiger partial charge in [-0.15, -0.1) is 0 Å². The average molecular weight is 396 g/mol. The third-order valence-electron chi connectivity index (χ3n) is 6.18. The Balaban J connectivity index is 1.57. The Morgan fingerprint density at radius 3 is 2.66 bits per heavy atom. The van der Waals surface area contributed by atoms with Crippen molar-refractivity contribution in [3.05, 3.63) is 63.9 Å². The third-order valence-corrected chi connectivity index (χ3v) is 6.18. The number of ether oxygens (including phenoxy) is 2. The first-order chi connectivity index (χ1) is 14.0. The SMILES string of the molecule is COC1(c2cc(F)cc(OCc3ccc4c(c3)=CCC(=O)[N+]=4C)c2)CCCCC1. The van der Waals surface area contributed by atoms with E-state index in [1.165, 1.54) is 12.5 Å². The summed E-state index contributed by atoms with van der Waals surface area (Å²) in [4.78, 5) is 11.8. The zero-order valence-corrected chi connectivity index (χ0v) is 17.0. The number of hydrogen-bond donors (Lipinski definition) is 0. The average Bonchev–Trinajstić information content (AvgIpc) is 2.75. The van der Waals surface area contributed by atoms with E-state index in [1.54, 1.807) is 24.8 Å². The Bertz CT molecular complexity index is 1050. The van der Waals surface area contributed by atoms with Crippen LogP contribution in [-0.4, -0.2) is 20.1 Å². The first-order valence-corrected chi connectivity index (χ1v) is 10.2. The molecule has 0 bridgehead atoms. The molecule has 0 atom stereocenters. The highest BCUT2D eigenvalue weighted by molar-refractivity contribution is 5.83. The zero-order valence-electron chi connectivity index (χ0n) is 17.0. The summed E-state index contributed by atoms with van der Waals surface area (Å²) in [6.45, 7) is 0.335. The van der Waals surface area contributed by atoms with Gasteiger partial charge in [0, 0.05) is 24.5 Å². The molecule has 1 amide bonds. The molecule has 0 saturated heterocycles. The largest absolute Gasteiger partial charge is 0.489 e. The number of carbonyl (C=O) groups is 1. The van der Waals surface area contributed by atoms with Crippen molar-refractivity contribution in [1.29, 1.82) is 0 Å². The minimum absolute atomic E-state index is 0.0866. The van der Waals surface area contributed by atoms with Gasteiger partial charge < -0.3 is 9.47 Å². The maximum absolute atomic E-state index is 14.3. The number of carbonyl (C=O) groups excluding carboxylic acids is 1. The Hall–Kier alpha value is -2.53. The molecule has 29 heavy (non-hydrogen) atoms. The van der Waals surface area contributed by atoms with E-state index in [2.05, 4.69) is 0 Å². The molecule has 2 aromatic carbocycles. The molecule has 1 saturated carbocycles. The van der Waals surface area contributed by atoms with E-state index >= 15 is 0 Å². The maximum Gasteiger partial charge on any atom is 0.390 e. The molecule has 0 N–H and O–H groups in total. The summed E-state index contributed by atoms with van der Waals surface area (Å²) in [6.07, 6.45) is 7.51. The molecule has 2 aliphatic rings. The third kappa shape index (κ3) is 3.97. The predicted molar refractivity (Wildman–Crippen MR) is 109 cm³/mol. The van der Waals surface area contributed by atoms with Gasteiger partial charge in [0.1, 0.15) is 25.2 Å². The molecule has 0 aromatic heterocycles. The smallest absolute Gasteiger partial charge is 0.390 e. The number of rotatable bonds is 5. The second kappa shape index (κ2) is 8.07. The van der Waals surface area contributed by atoms with Crippen LogP contribution in [0, 0.1) is 5.82 Å². The highest BCUT2D eigenvalue weighted by Crippen LogP contribution is 2.41. The van der Waals surface area contributed by atoms with Crippen LogP contribution in [0.3, 0.4) is 0 Å². The Morgan fingerprint density at radius 2 is 1.90 bits per heavy atom. The monoisotopic (exact) mass is 396 g/mol. The molecule has 5 heteroatoms. The summed E-state index contributed by atoms with van der Waals surface area (Å²) >= 11 is 0. The quantitative estimate of drug-likeness (QED) is 0.730. The van der Waals surface area contributed by atoms with E-state index in [1.807, 2.05) is 30.3 Å². The fraction of sp³-hybridized carbons (Fsp3) is 0.417. The normalized spacial score (nSPS) is 18.2. The molecule has 1 heterocycles. The number of benzene rings is 2. The van der Waals surface area contributed by atoms with Gasteiger partial charge in [-0.2, -0.15) is 4.58 Å². The molecule has 0 spiro atoms. The standard InChI is InChI=1S/C24H27FNO3/c1-26-22-8-6-17(12-18(22)7-9-23(26)27)16-29-21-14-19(13-20(25)15-21)24(28-2)10-4-3-5-11-24/h6-8,12-15H,3-5,9-11,16H2,1-2H3/q+1. The van der Waals surface area contributed by atoms with Gasteiger partial charge in [-0.1, -0.05) is 25.3 Å². The van der Waals surface area contributed by atoms with E-state index < -0.39 is 5.60 Å². The fourth-order valence-electron chi connectivity index (χ4n) is 4.44. The van der Waals surface area contributed by atoms with Crippen LogP contribution in [0.5, 0.6) is 5.75 Å². The van der Waals surface area contributed by atoms with Crippen LogP contribution in [0.15, 0.2) is 36.4 Å². The lowest BCUT2D eigenvalue weighted by molar-refractivity contribution is -0.121. The zero-order chi connectivity index (χ0) is 20.4. The van der Waals surface area contributed by atoms with Gasteiger partial charge in [0.2, 0.25) is 5.36 Å². The Morgan fingerprint density at radius 1 is 1.10 bits per heavy atom. The van der Waals surface area contributed by atoms with E-state index in [0.29, 0.717) is 18.8 Å². The molecule has 2 aromatic rings. The van der Waals surface area contributed by atoms with E-state index in [0.717, 1.165) is 47.4 Å². The van der Waals surface area contributed by atoms with Gasteiger partial charge >= 0.3 is 5.91 Å². The number of amides is 1. The highest BCUT2D eigenvalue weighted by atomic mass is 19.1. The van der Waals surface area contributed by atoms with Crippen LogP contribution in [0.4, 0.5) is 4.39 Å². The Labute approximate surface area is 170 Å². The Kier molecular flexibility index (Phi) is 5.50. The summed E-state index contributed by atoms with van der Waals surface area (Å²) in [7, 11) is 3.50. The molecule has 0 radical (unpaired) electrons. The van der Waals surface area contributed by atoms with Crippen molar-refractivity contribution in [2.45, 2.75) is 50.7 Å². The lowest BCUT2D eigenvalue weighted by atomic mass is 9.79. The number of halogens is 1. The molecular formula is C24H27FNO3+. The highest BCUT2D eigenvalue weighted by Gasteiger charge is 2.34. The van der Waals surface area contributed by atoms with Crippen LogP contribution < -0.4 is 19.9 Å². The fourth-order valence-corrected chi connectivity index (χ4v) is 4.44. The van der Waals surface area contributed by atoms with Crippen LogP contribution >= 0.6 is 0 Å². The summed E-state index contributed by atoms with van der Waals surface area (Å²) in [6, 6.07) is 10.8. The minimum Gasteiger partial charge on any atom is -0.489 e. The van der Waals surface area contributed by atoms with E-state index in [9.17, 15) is 9.18 Å². The van der Waals surface area contributed by atoms with Crippen molar-refractivity contribution in [2.75, 3.05) is 14.2 Å². The van der Waals surface area contributed by atoms with Crippen molar-refractivity contribution >= 4 is 12.0 Å². The van der Waals surface area contributed by atoms with Crippen molar-refractivity contribution in [2.24, 2.45) is 0 Å². The van der Waals surface area contributed by atoms with E-state index in [4.69, 9.17) is 9.47 Å². The topological polar surface area (TPSA) is 38.5 Å². The molecule has 1 fully saturated rings. The maximum atomic E-state index is 14.3. The summed E-state index contributed by atoms with van der Waals surface area (Å²) in [5.41, 5.74) is 1.41. The summed E-state index contributed by atoms with van der Waals surface area (Å²) in [5, 5.41) is 1.92. The molecular weight excluding hydrogens is 369 g/mol. The summed E-state index contributed by atoms with van der Waals surface area (Å²) < 4.78 is 27.8. The first-order valence-electron chi connectivity index (χ1n) is 10.2. The minimum atomic E-state index is -0.420. The second-order valence-electron chi connectivity index (χ2n) is 7.98. The van der Waals surface area contributed by atoms with Gasteiger partial charge in [0.25, 0.3) is 0 Å². The van der Waals surface area contributed by atoms with E-state index in [-0.39, 0.29) is 11.7 Å². The van der Waals surface area contributed by atoms with Gasteiger partial charge in [-0.05, 0) is 48.2 Å². The van der Waals surface area contributed by atoms with Crippen molar-refractivity contribution in [3.63, 3.8) is 0 Å². The van der Waals surface area contributed by atoms with Crippen molar-refractivity contribution in [1.82, 2.24) is 4.58 Å². The number of nitrogens with zero attached hydrogens (tertiary/aromatic N) is 1. The van der Waals surface area contributed by atoms with Gasteiger partial charge in [-0.25, -0.2) is 9.18 Å². The molecule has 1 aliphatic heterocycles. The molecule has 4 nitrogen and oxygen atoms in total. The van der Waals surface area contributed by atoms with Crippen LogP contribution in [0.2, 0.25) is 0 Å². The molecule has 1 aliphatic carbocycles.